The maximum absolute atomic E-state index is 9.87. The fourth-order valence-electron chi connectivity index (χ4n) is 3.27. The molecule has 3 nitrogen and oxygen atoms in total. The SMILES string of the molecule is CC(CC(c1cccc(O)c1)c1cccc(O)c1)c1cccc(O)c1. The fraction of sp³-hybridized carbons (Fsp3) is 0.182. The van der Waals surface area contributed by atoms with Crippen LogP contribution in [0, 0.1) is 0 Å². The Kier molecular flexibility index (Phi) is 4.94. The van der Waals surface area contributed by atoms with Crippen LogP contribution in [0.1, 0.15) is 41.9 Å². The third-order valence-electron chi connectivity index (χ3n) is 4.57. The Labute approximate surface area is 147 Å². The molecular weight excluding hydrogens is 312 g/mol. The highest BCUT2D eigenvalue weighted by Gasteiger charge is 2.20. The van der Waals surface area contributed by atoms with Crippen LogP contribution >= 0.6 is 0 Å². The zero-order chi connectivity index (χ0) is 17.8. The molecule has 0 saturated heterocycles. The standard InChI is InChI=1S/C22H22O3/c1-15(16-5-2-8-19(23)12-16)11-22(17-6-3-9-20(24)13-17)18-7-4-10-21(25)14-18/h2-10,12-15,22-25H,11H2,1H3. The molecule has 0 fully saturated rings. The number of hydrogen-bond acceptors (Lipinski definition) is 3. The van der Waals surface area contributed by atoms with Gasteiger partial charge >= 0.3 is 0 Å². The molecular formula is C22H22O3. The first-order valence-corrected chi connectivity index (χ1v) is 8.39. The van der Waals surface area contributed by atoms with Gasteiger partial charge in [0.15, 0.2) is 0 Å². The van der Waals surface area contributed by atoms with Crippen LogP contribution in [0.25, 0.3) is 0 Å². The highest BCUT2D eigenvalue weighted by Crippen LogP contribution is 2.37. The van der Waals surface area contributed by atoms with Crippen molar-refractivity contribution in [2.75, 3.05) is 0 Å². The number of phenolic OH excluding ortho intramolecular Hbond substituents is 3. The molecule has 25 heavy (non-hydrogen) atoms. The van der Waals surface area contributed by atoms with Crippen molar-refractivity contribution in [1.82, 2.24) is 0 Å². The lowest BCUT2D eigenvalue weighted by Gasteiger charge is -2.23. The van der Waals surface area contributed by atoms with Gasteiger partial charge in [-0.3, -0.25) is 0 Å². The van der Waals surface area contributed by atoms with Crippen LogP contribution in [0.5, 0.6) is 17.2 Å². The monoisotopic (exact) mass is 334 g/mol. The number of phenols is 3. The van der Waals surface area contributed by atoms with Gasteiger partial charge in [-0.2, -0.15) is 0 Å². The van der Waals surface area contributed by atoms with Crippen molar-refractivity contribution in [2.24, 2.45) is 0 Å². The Balaban J connectivity index is 1.96. The Bertz CT molecular complexity index is 812. The second-order valence-electron chi connectivity index (χ2n) is 6.47. The predicted octanol–water partition coefficient (Wildman–Crippen LogP) is 5.13. The van der Waals surface area contributed by atoms with Crippen molar-refractivity contribution in [1.29, 1.82) is 0 Å². The summed E-state index contributed by atoms with van der Waals surface area (Å²) >= 11 is 0. The molecule has 0 radical (unpaired) electrons. The molecule has 0 aromatic heterocycles. The molecule has 0 bridgehead atoms. The Hall–Kier alpha value is -2.94. The van der Waals surface area contributed by atoms with E-state index in [2.05, 4.69) is 6.92 Å². The van der Waals surface area contributed by atoms with Crippen molar-refractivity contribution in [3.05, 3.63) is 89.5 Å². The van der Waals surface area contributed by atoms with Crippen molar-refractivity contribution < 1.29 is 15.3 Å². The van der Waals surface area contributed by atoms with Gasteiger partial charge in [0.05, 0.1) is 0 Å². The summed E-state index contributed by atoms with van der Waals surface area (Å²) < 4.78 is 0. The van der Waals surface area contributed by atoms with Crippen molar-refractivity contribution in [3.8, 4) is 17.2 Å². The average molecular weight is 334 g/mol. The van der Waals surface area contributed by atoms with Crippen LogP contribution in [0.3, 0.4) is 0 Å². The lowest BCUT2D eigenvalue weighted by atomic mass is 9.82. The molecule has 0 amide bonds. The molecule has 1 unspecified atom stereocenters. The summed E-state index contributed by atoms with van der Waals surface area (Å²) in [5, 5.41) is 29.5. The summed E-state index contributed by atoms with van der Waals surface area (Å²) in [6.07, 6.45) is 0.788. The minimum atomic E-state index is 0.0246. The average Bonchev–Trinajstić information content (AvgIpc) is 2.59. The van der Waals surface area contributed by atoms with E-state index in [0.29, 0.717) is 0 Å². The molecule has 128 valence electrons. The van der Waals surface area contributed by atoms with E-state index in [1.807, 2.05) is 36.4 Å². The minimum absolute atomic E-state index is 0.0246. The maximum atomic E-state index is 9.87. The van der Waals surface area contributed by atoms with Gasteiger partial charge in [0, 0.05) is 5.92 Å². The predicted molar refractivity (Wildman–Crippen MR) is 99.2 cm³/mol. The van der Waals surface area contributed by atoms with Gasteiger partial charge in [-0.1, -0.05) is 43.3 Å². The van der Waals surface area contributed by atoms with Crippen molar-refractivity contribution >= 4 is 0 Å². The summed E-state index contributed by atoms with van der Waals surface area (Å²) in [6.45, 7) is 2.12. The van der Waals surface area contributed by atoms with Gasteiger partial charge in [-0.25, -0.2) is 0 Å². The van der Waals surface area contributed by atoms with E-state index in [9.17, 15) is 15.3 Å². The van der Waals surface area contributed by atoms with Gasteiger partial charge in [0.2, 0.25) is 0 Å². The van der Waals surface area contributed by atoms with Crippen LogP contribution in [-0.4, -0.2) is 15.3 Å². The molecule has 0 aliphatic heterocycles. The molecule has 3 aromatic carbocycles. The Morgan fingerprint density at radius 3 is 1.48 bits per heavy atom. The van der Waals surface area contributed by atoms with Gasteiger partial charge in [0.25, 0.3) is 0 Å². The van der Waals surface area contributed by atoms with Crippen LogP contribution in [0.15, 0.2) is 72.8 Å². The van der Waals surface area contributed by atoms with Crippen LogP contribution in [0.4, 0.5) is 0 Å². The van der Waals surface area contributed by atoms with E-state index in [1.165, 1.54) is 0 Å². The van der Waals surface area contributed by atoms with E-state index >= 15 is 0 Å². The quantitative estimate of drug-likeness (QED) is 0.606. The molecule has 0 saturated carbocycles. The van der Waals surface area contributed by atoms with E-state index in [-0.39, 0.29) is 29.1 Å². The summed E-state index contributed by atoms with van der Waals surface area (Å²) in [6, 6.07) is 21.8. The van der Waals surface area contributed by atoms with E-state index in [1.54, 1.807) is 36.4 Å². The first kappa shape index (κ1) is 16.9. The lowest BCUT2D eigenvalue weighted by Crippen LogP contribution is -2.06. The second-order valence-corrected chi connectivity index (χ2v) is 6.47. The first-order valence-electron chi connectivity index (χ1n) is 8.39. The van der Waals surface area contributed by atoms with Gasteiger partial charge in [-0.05, 0) is 65.4 Å². The third kappa shape index (κ3) is 4.13. The zero-order valence-corrected chi connectivity index (χ0v) is 14.1. The highest BCUT2D eigenvalue weighted by molar-refractivity contribution is 5.40. The molecule has 3 aromatic rings. The summed E-state index contributed by atoms with van der Waals surface area (Å²) in [7, 11) is 0. The fourth-order valence-corrected chi connectivity index (χ4v) is 3.27. The summed E-state index contributed by atoms with van der Waals surface area (Å²) in [4.78, 5) is 0. The maximum Gasteiger partial charge on any atom is 0.115 e. The van der Waals surface area contributed by atoms with Crippen LogP contribution in [-0.2, 0) is 0 Å². The van der Waals surface area contributed by atoms with Crippen LogP contribution in [0.2, 0.25) is 0 Å². The lowest BCUT2D eigenvalue weighted by molar-refractivity contribution is 0.471. The summed E-state index contributed by atoms with van der Waals surface area (Å²) in [5.74, 6) is 0.939. The molecule has 3 N–H and O–H groups in total. The van der Waals surface area contributed by atoms with E-state index in [4.69, 9.17) is 0 Å². The van der Waals surface area contributed by atoms with Crippen molar-refractivity contribution in [3.63, 3.8) is 0 Å². The van der Waals surface area contributed by atoms with E-state index < -0.39 is 0 Å². The molecule has 3 rings (SSSR count). The summed E-state index contributed by atoms with van der Waals surface area (Å²) in [5.41, 5.74) is 3.06. The largest absolute Gasteiger partial charge is 0.508 e. The molecule has 0 aliphatic rings. The number of rotatable bonds is 5. The molecule has 0 heterocycles. The van der Waals surface area contributed by atoms with Gasteiger partial charge in [0.1, 0.15) is 17.2 Å². The van der Waals surface area contributed by atoms with E-state index in [0.717, 1.165) is 23.1 Å². The number of aromatic hydroxyl groups is 3. The van der Waals surface area contributed by atoms with Gasteiger partial charge in [-0.15, -0.1) is 0 Å². The molecule has 0 spiro atoms. The molecule has 1 atom stereocenters. The van der Waals surface area contributed by atoms with Crippen LogP contribution < -0.4 is 0 Å². The highest BCUT2D eigenvalue weighted by atomic mass is 16.3. The second kappa shape index (κ2) is 7.31. The van der Waals surface area contributed by atoms with Gasteiger partial charge < -0.3 is 15.3 Å². The molecule has 0 aliphatic carbocycles. The Morgan fingerprint density at radius 2 is 1.04 bits per heavy atom. The number of benzene rings is 3. The van der Waals surface area contributed by atoms with Crippen molar-refractivity contribution in [2.45, 2.75) is 25.2 Å². The molecule has 3 heteroatoms. The third-order valence-corrected chi connectivity index (χ3v) is 4.57. The normalized spacial score (nSPS) is 12.2. The first-order chi connectivity index (χ1) is 12.0. The smallest absolute Gasteiger partial charge is 0.115 e. The zero-order valence-electron chi connectivity index (χ0n) is 14.1. The Morgan fingerprint density at radius 1 is 0.640 bits per heavy atom. The topological polar surface area (TPSA) is 60.7 Å². The minimum Gasteiger partial charge on any atom is -0.508 e. The number of hydrogen-bond donors (Lipinski definition) is 3.